The first-order chi connectivity index (χ1) is 6.33. The van der Waals surface area contributed by atoms with Crippen molar-refractivity contribution in [1.29, 1.82) is 5.26 Å². The molecule has 0 fully saturated rings. The minimum atomic E-state index is -0.261. The van der Waals surface area contributed by atoms with Crippen molar-refractivity contribution in [2.75, 3.05) is 6.54 Å². The molecule has 0 aliphatic rings. The van der Waals surface area contributed by atoms with E-state index < -0.39 is 0 Å². The third-order valence-corrected chi connectivity index (χ3v) is 1.37. The summed E-state index contributed by atoms with van der Waals surface area (Å²) in [6, 6.07) is 1.76. The van der Waals surface area contributed by atoms with E-state index >= 15 is 0 Å². The van der Waals surface area contributed by atoms with Gasteiger partial charge in [-0.2, -0.15) is 5.26 Å². The van der Waals surface area contributed by atoms with E-state index in [2.05, 4.69) is 15.6 Å². The van der Waals surface area contributed by atoms with Crippen molar-refractivity contribution in [3.05, 3.63) is 12.4 Å². The first-order valence-corrected chi connectivity index (χ1v) is 3.80. The quantitative estimate of drug-likeness (QED) is 0.663. The van der Waals surface area contributed by atoms with E-state index in [1.165, 1.54) is 0 Å². The Morgan fingerprint density at radius 1 is 1.69 bits per heavy atom. The Morgan fingerprint density at radius 2 is 2.54 bits per heavy atom. The van der Waals surface area contributed by atoms with E-state index in [1.54, 1.807) is 23.1 Å². The topological polar surface area (TPSA) is 83.6 Å². The summed E-state index contributed by atoms with van der Waals surface area (Å²) in [6.07, 6.45) is 3.17. The van der Waals surface area contributed by atoms with Gasteiger partial charge in [0.15, 0.2) is 0 Å². The van der Waals surface area contributed by atoms with Gasteiger partial charge in [-0.3, -0.25) is 9.48 Å². The highest BCUT2D eigenvalue weighted by molar-refractivity contribution is 5.77. The normalized spacial score (nSPS) is 9.15. The van der Waals surface area contributed by atoms with Crippen molar-refractivity contribution in [3.8, 4) is 6.07 Å². The Balaban J connectivity index is 2.15. The van der Waals surface area contributed by atoms with Crippen LogP contribution in [0.2, 0.25) is 0 Å². The smallest absolute Gasteiger partial charge is 0.234 e. The zero-order chi connectivity index (χ0) is 9.52. The highest BCUT2D eigenvalue weighted by atomic mass is 16.1. The molecule has 0 unspecified atom stereocenters. The molecule has 0 aliphatic carbocycles. The van der Waals surface area contributed by atoms with Crippen LogP contribution in [0.4, 0.5) is 0 Å². The minimum absolute atomic E-state index is 0.0998. The van der Waals surface area contributed by atoms with Crippen molar-refractivity contribution in [2.45, 2.75) is 13.0 Å². The predicted octanol–water partition coefficient (Wildman–Crippen LogP) is -0.692. The van der Waals surface area contributed by atoms with Crippen molar-refractivity contribution in [1.82, 2.24) is 20.3 Å². The monoisotopic (exact) mass is 179 g/mol. The molecule has 0 aromatic carbocycles. The Bertz CT molecular complexity index is 299. The van der Waals surface area contributed by atoms with Crippen LogP contribution in [0, 0.1) is 11.3 Å². The fourth-order valence-electron chi connectivity index (χ4n) is 0.796. The summed E-state index contributed by atoms with van der Waals surface area (Å²) in [6.45, 7) is 1.03. The molecule has 1 amide bonds. The number of nitrogens with one attached hydrogen (secondary N) is 1. The first-order valence-electron chi connectivity index (χ1n) is 3.80. The van der Waals surface area contributed by atoms with Crippen LogP contribution < -0.4 is 5.32 Å². The lowest BCUT2D eigenvalue weighted by atomic mass is 10.4. The number of carbonyl (C=O) groups excluding carboxylic acids is 1. The van der Waals surface area contributed by atoms with Gasteiger partial charge in [0, 0.05) is 12.7 Å². The van der Waals surface area contributed by atoms with Crippen LogP contribution in [0.15, 0.2) is 12.4 Å². The lowest BCUT2D eigenvalue weighted by Gasteiger charge is -2.01. The van der Waals surface area contributed by atoms with Gasteiger partial charge in [0.1, 0.15) is 6.42 Å². The summed E-state index contributed by atoms with van der Waals surface area (Å²) in [5.74, 6) is -0.261. The lowest BCUT2D eigenvalue weighted by molar-refractivity contribution is -0.120. The van der Waals surface area contributed by atoms with Crippen molar-refractivity contribution in [2.24, 2.45) is 0 Å². The maximum absolute atomic E-state index is 10.8. The molecule has 0 saturated carbocycles. The van der Waals surface area contributed by atoms with Crippen LogP contribution in [0.1, 0.15) is 6.42 Å². The van der Waals surface area contributed by atoms with Crippen LogP contribution >= 0.6 is 0 Å². The van der Waals surface area contributed by atoms with Crippen molar-refractivity contribution < 1.29 is 4.79 Å². The standard InChI is InChI=1S/C7H9N5O/c8-2-1-7(13)9-3-5-12-6-4-10-11-12/h4,6H,1,3,5H2,(H,9,13). The van der Waals surface area contributed by atoms with Crippen molar-refractivity contribution in [3.63, 3.8) is 0 Å². The maximum Gasteiger partial charge on any atom is 0.234 e. The van der Waals surface area contributed by atoms with E-state index in [0.29, 0.717) is 13.1 Å². The molecule has 68 valence electrons. The molecule has 6 heteroatoms. The molecule has 1 aromatic heterocycles. The Labute approximate surface area is 75.2 Å². The Kier molecular flexibility index (Phi) is 3.45. The van der Waals surface area contributed by atoms with E-state index in [-0.39, 0.29) is 12.3 Å². The number of nitrogens with zero attached hydrogens (tertiary/aromatic N) is 4. The summed E-state index contributed by atoms with van der Waals surface area (Å²) in [5, 5.41) is 18.1. The van der Waals surface area contributed by atoms with Gasteiger partial charge in [0.25, 0.3) is 0 Å². The number of rotatable bonds is 4. The number of aromatic nitrogens is 3. The molecule has 13 heavy (non-hydrogen) atoms. The van der Waals surface area contributed by atoms with Gasteiger partial charge in [-0.05, 0) is 0 Å². The van der Waals surface area contributed by atoms with Crippen molar-refractivity contribution >= 4 is 5.91 Å². The Morgan fingerprint density at radius 3 is 3.15 bits per heavy atom. The number of hydrogen-bond donors (Lipinski definition) is 1. The number of hydrogen-bond acceptors (Lipinski definition) is 4. The van der Waals surface area contributed by atoms with E-state index in [1.807, 2.05) is 0 Å². The summed E-state index contributed by atoms with van der Waals surface area (Å²) in [5.41, 5.74) is 0. The van der Waals surface area contributed by atoms with Gasteiger partial charge in [-0.1, -0.05) is 5.21 Å². The molecule has 0 aliphatic heterocycles. The molecule has 0 radical (unpaired) electrons. The fourth-order valence-corrected chi connectivity index (χ4v) is 0.796. The molecule has 0 spiro atoms. The lowest BCUT2D eigenvalue weighted by Crippen LogP contribution is -2.26. The van der Waals surface area contributed by atoms with E-state index in [9.17, 15) is 4.79 Å². The number of amides is 1. The third-order valence-electron chi connectivity index (χ3n) is 1.37. The predicted molar refractivity (Wildman–Crippen MR) is 43.3 cm³/mol. The molecule has 0 bridgehead atoms. The summed E-state index contributed by atoms with van der Waals surface area (Å²) >= 11 is 0. The maximum atomic E-state index is 10.8. The molecular weight excluding hydrogens is 170 g/mol. The number of carbonyl (C=O) groups is 1. The first kappa shape index (κ1) is 9.19. The fraction of sp³-hybridized carbons (Fsp3) is 0.429. The molecule has 6 nitrogen and oxygen atoms in total. The molecule has 0 saturated heterocycles. The average molecular weight is 179 g/mol. The second kappa shape index (κ2) is 4.87. The zero-order valence-electron chi connectivity index (χ0n) is 6.97. The second-order valence-corrected chi connectivity index (χ2v) is 2.35. The van der Waals surface area contributed by atoms with Crippen LogP contribution in [-0.2, 0) is 11.3 Å². The number of nitriles is 1. The molecule has 1 heterocycles. The molecular formula is C7H9N5O. The zero-order valence-corrected chi connectivity index (χ0v) is 6.97. The van der Waals surface area contributed by atoms with Gasteiger partial charge in [0.05, 0.1) is 18.8 Å². The SMILES string of the molecule is N#CCC(=O)NCCn1ccnn1. The highest BCUT2D eigenvalue weighted by Gasteiger charge is 1.98. The van der Waals surface area contributed by atoms with Gasteiger partial charge < -0.3 is 5.32 Å². The van der Waals surface area contributed by atoms with E-state index in [4.69, 9.17) is 5.26 Å². The largest absolute Gasteiger partial charge is 0.353 e. The second-order valence-electron chi connectivity index (χ2n) is 2.35. The van der Waals surface area contributed by atoms with Crippen LogP contribution in [0.3, 0.4) is 0 Å². The van der Waals surface area contributed by atoms with Crippen LogP contribution in [-0.4, -0.2) is 27.4 Å². The molecule has 1 rings (SSSR count). The van der Waals surface area contributed by atoms with Gasteiger partial charge in [-0.25, -0.2) is 0 Å². The van der Waals surface area contributed by atoms with Gasteiger partial charge in [-0.15, -0.1) is 5.10 Å². The highest BCUT2D eigenvalue weighted by Crippen LogP contribution is 1.80. The van der Waals surface area contributed by atoms with Gasteiger partial charge in [0.2, 0.25) is 5.91 Å². The van der Waals surface area contributed by atoms with Crippen LogP contribution in [0.25, 0.3) is 0 Å². The molecule has 0 atom stereocenters. The van der Waals surface area contributed by atoms with Gasteiger partial charge >= 0.3 is 0 Å². The third kappa shape index (κ3) is 3.33. The average Bonchev–Trinajstić information content (AvgIpc) is 2.57. The van der Waals surface area contributed by atoms with Crippen LogP contribution in [0.5, 0.6) is 0 Å². The van der Waals surface area contributed by atoms with E-state index in [0.717, 1.165) is 0 Å². The summed E-state index contributed by atoms with van der Waals surface area (Å²) in [4.78, 5) is 10.8. The Hall–Kier alpha value is -1.90. The minimum Gasteiger partial charge on any atom is -0.353 e. The molecule has 1 aromatic rings. The summed E-state index contributed by atoms with van der Waals surface area (Å²) in [7, 11) is 0. The molecule has 1 N–H and O–H groups in total. The summed E-state index contributed by atoms with van der Waals surface area (Å²) < 4.78 is 1.60.